The summed E-state index contributed by atoms with van der Waals surface area (Å²) in [5, 5.41) is 3.43. The Kier molecular flexibility index (Phi) is 7.82. The van der Waals surface area contributed by atoms with Crippen LogP contribution in [0.15, 0.2) is 72.8 Å². The van der Waals surface area contributed by atoms with Gasteiger partial charge in [-0.25, -0.2) is 0 Å². The molecule has 0 fully saturated rings. The molecule has 0 radical (unpaired) electrons. The van der Waals surface area contributed by atoms with Crippen LogP contribution in [0.4, 0.5) is 0 Å². The average molecular weight is 437 g/mol. The molecule has 3 aromatic rings. The van der Waals surface area contributed by atoms with E-state index < -0.39 is 0 Å². The number of rotatable bonds is 9. The van der Waals surface area contributed by atoms with Crippen LogP contribution in [-0.4, -0.2) is 37.3 Å². The monoisotopic (exact) mass is 436 g/mol. The Morgan fingerprint density at radius 2 is 1.39 bits per heavy atom. The lowest BCUT2D eigenvalue weighted by atomic mass is 10.0. The average Bonchev–Trinajstić information content (AvgIpc) is 2.77. The second-order valence-electron chi connectivity index (χ2n) is 7.48. The minimum atomic E-state index is -0.210. The normalized spacial score (nSPS) is 10.7. The van der Waals surface area contributed by atoms with Crippen molar-refractivity contribution in [2.24, 2.45) is 0 Å². The van der Waals surface area contributed by atoms with E-state index in [1.54, 1.807) is 48.5 Å². The largest absolute Gasteiger partial charge is 0.484 e. The van der Waals surface area contributed by atoms with Crippen molar-refractivity contribution in [2.75, 3.05) is 20.7 Å². The van der Waals surface area contributed by atoms with Gasteiger partial charge in [-0.3, -0.25) is 9.59 Å². The van der Waals surface area contributed by atoms with E-state index in [0.29, 0.717) is 28.4 Å². The number of ketones is 1. The van der Waals surface area contributed by atoms with Gasteiger partial charge in [-0.1, -0.05) is 35.9 Å². The summed E-state index contributed by atoms with van der Waals surface area (Å²) in [5.41, 5.74) is 3.35. The predicted molar refractivity (Wildman–Crippen MR) is 123 cm³/mol. The van der Waals surface area contributed by atoms with Crippen LogP contribution in [0.2, 0.25) is 5.02 Å². The van der Waals surface area contributed by atoms with Crippen LogP contribution in [0.5, 0.6) is 5.75 Å². The lowest BCUT2D eigenvalue weighted by Gasteiger charge is -2.11. The molecular formula is C25H25ClN2O3. The first-order valence-corrected chi connectivity index (χ1v) is 10.3. The number of carbonyl (C=O) groups excluding carboxylic acids is 2. The van der Waals surface area contributed by atoms with Crippen molar-refractivity contribution < 1.29 is 14.3 Å². The number of carbonyl (C=O) groups is 2. The van der Waals surface area contributed by atoms with E-state index in [2.05, 4.69) is 22.3 Å². The lowest BCUT2D eigenvalue weighted by molar-refractivity contribution is -0.123. The molecule has 0 aliphatic carbocycles. The fraction of sp³-hybridized carbons (Fsp3) is 0.200. The third kappa shape index (κ3) is 6.95. The van der Waals surface area contributed by atoms with Crippen molar-refractivity contribution in [3.63, 3.8) is 0 Å². The standard InChI is InChI=1S/C25H25ClN2O3/c1-28(2)16-19-5-3-18(4-6-19)15-27-24(29)17-31-23-13-9-21(10-14-23)25(30)20-7-11-22(26)12-8-20/h3-14H,15-17H2,1-2H3,(H,27,29). The Balaban J connectivity index is 1.45. The van der Waals surface area contributed by atoms with E-state index in [4.69, 9.17) is 16.3 Å². The van der Waals surface area contributed by atoms with Crippen molar-refractivity contribution in [3.8, 4) is 5.75 Å². The fourth-order valence-corrected chi connectivity index (χ4v) is 3.12. The minimum absolute atomic E-state index is 0.0941. The highest BCUT2D eigenvalue weighted by Crippen LogP contribution is 2.17. The summed E-state index contributed by atoms with van der Waals surface area (Å²) in [6.07, 6.45) is 0. The molecule has 0 heterocycles. The molecule has 0 spiro atoms. The summed E-state index contributed by atoms with van der Waals surface area (Å²) in [6.45, 7) is 1.23. The molecule has 0 atom stereocenters. The maximum atomic E-state index is 12.5. The minimum Gasteiger partial charge on any atom is -0.484 e. The Labute approximate surface area is 187 Å². The second kappa shape index (κ2) is 10.8. The van der Waals surface area contributed by atoms with Gasteiger partial charge in [-0.2, -0.15) is 0 Å². The Morgan fingerprint density at radius 3 is 1.97 bits per heavy atom. The van der Waals surface area contributed by atoms with Gasteiger partial charge in [0, 0.05) is 29.2 Å². The smallest absolute Gasteiger partial charge is 0.258 e. The molecule has 6 heteroatoms. The number of nitrogens with one attached hydrogen (secondary N) is 1. The van der Waals surface area contributed by atoms with Gasteiger partial charge in [0.25, 0.3) is 5.91 Å². The summed E-state index contributed by atoms with van der Waals surface area (Å²) in [5.74, 6) is 0.215. The van der Waals surface area contributed by atoms with E-state index in [-0.39, 0.29) is 18.3 Å². The van der Waals surface area contributed by atoms with E-state index in [1.165, 1.54) is 5.56 Å². The van der Waals surface area contributed by atoms with Gasteiger partial charge in [0.15, 0.2) is 12.4 Å². The predicted octanol–water partition coefficient (Wildman–Crippen LogP) is 4.33. The van der Waals surface area contributed by atoms with Gasteiger partial charge in [0.1, 0.15) is 5.75 Å². The zero-order valence-electron chi connectivity index (χ0n) is 17.6. The number of hydrogen-bond acceptors (Lipinski definition) is 4. The zero-order valence-corrected chi connectivity index (χ0v) is 18.4. The SMILES string of the molecule is CN(C)Cc1ccc(CNC(=O)COc2ccc(C(=O)c3ccc(Cl)cc3)cc2)cc1. The Hall–Kier alpha value is -3.15. The summed E-state index contributed by atoms with van der Waals surface area (Å²) in [7, 11) is 4.05. The molecule has 0 aliphatic heterocycles. The summed E-state index contributed by atoms with van der Waals surface area (Å²) in [6, 6.07) is 21.6. The first kappa shape index (κ1) is 22.5. The molecule has 31 heavy (non-hydrogen) atoms. The lowest BCUT2D eigenvalue weighted by Crippen LogP contribution is -2.28. The molecule has 0 saturated carbocycles. The van der Waals surface area contributed by atoms with Crippen LogP contribution in [-0.2, 0) is 17.9 Å². The third-order valence-electron chi connectivity index (χ3n) is 4.60. The quantitative estimate of drug-likeness (QED) is 0.507. The second-order valence-corrected chi connectivity index (χ2v) is 7.92. The molecule has 1 amide bonds. The highest BCUT2D eigenvalue weighted by molar-refractivity contribution is 6.30. The number of halogens is 1. The van der Waals surface area contributed by atoms with E-state index >= 15 is 0 Å². The summed E-state index contributed by atoms with van der Waals surface area (Å²) in [4.78, 5) is 26.7. The zero-order chi connectivity index (χ0) is 22.2. The van der Waals surface area contributed by atoms with E-state index in [0.717, 1.165) is 12.1 Å². The maximum absolute atomic E-state index is 12.5. The number of amides is 1. The van der Waals surface area contributed by atoms with Crippen LogP contribution in [0.1, 0.15) is 27.0 Å². The van der Waals surface area contributed by atoms with Crippen molar-refractivity contribution in [1.29, 1.82) is 0 Å². The molecule has 0 unspecified atom stereocenters. The Morgan fingerprint density at radius 1 is 0.839 bits per heavy atom. The van der Waals surface area contributed by atoms with Crippen LogP contribution < -0.4 is 10.1 Å². The van der Waals surface area contributed by atoms with Crippen molar-refractivity contribution in [3.05, 3.63) is 100 Å². The highest BCUT2D eigenvalue weighted by Gasteiger charge is 2.10. The van der Waals surface area contributed by atoms with Gasteiger partial charge >= 0.3 is 0 Å². The van der Waals surface area contributed by atoms with E-state index in [9.17, 15) is 9.59 Å². The first-order chi connectivity index (χ1) is 14.9. The maximum Gasteiger partial charge on any atom is 0.258 e. The molecule has 0 bridgehead atoms. The molecular weight excluding hydrogens is 412 g/mol. The number of ether oxygens (including phenoxy) is 1. The first-order valence-electron chi connectivity index (χ1n) is 9.93. The van der Waals surface area contributed by atoms with Gasteiger partial charge in [-0.15, -0.1) is 0 Å². The molecule has 3 rings (SSSR count). The summed E-state index contributed by atoms with van der Waals surface area (Å²) < 4.78 is 5.53. The molecule has 0 aliphatic rings. The number of hydrogen-bond donors (Lipinski definition) is 1. The van der Waals surface area contributed by atoms with Crippen LogP contribution in [0.3, 0.4) is 0 Å². The van der Waals surface area contributed by atoms with E-state index in [1.807, 2.05) is 26.2 Å². The number of benzene rings is 3. The topological polar surface area (TPSA) is 58.6 Å². The molecule has 160 valence electrons. The van der Waals surface area contributed by atoms with Gasteiger partial charge in [0.05, 0.1) is 0 Å². The molecule has 0 saturated heterocycles. The highest BCUT2D eigenvalue weighted by atomic mass is 35.5. The van der Waals surface area contributed by atoms with Crippen LogP contribution in [0, 0.1) is 0 Å². The van der Waals surface area contributed by atoms with Crippen molar-refractivity contribution in [2.45, 2.75) is 13.1 Å². The van der Waals surface area contributed by atoms with Gasteiger partial charge in [-0.05, 0) is 73.8 Å². The number of nitrogens with zero attached hydrogens (tertiary/aromatic N) is 1. The van der Waals surface area contributed by atoms with Crippen molar-refractivity contribution >= 4 is 23.3 Å². The fourth-order valence-electron chi connectivity index (χ4n) is 3.00. The van der Waals surface area contributed by atoms with Gasteiger partial charge < -0.3 is 15.0 Å². The molecule has 0 aromatic heterocycles. The summed E-state index contributed by atoms with van der Waals surface area (Å²) >= 11 is 5.86. The van der Waals surface area contributed by atoms with Crippen LogP contribution >= 0.6 is 11.6 Å². The molecule has 5 nitrogen and oxygen atoms in total. The van der Waals surface area contributed by atoms with Crippen LogP contribution in [0.25, 0.3) is 0 Å². The molecule has 1 N–H and O–H groups in total. The van der Waals surface area contributed by atoms with Crippen molar-refractivity contribution in [1.82, 2.24) is 10.2 Å². The third-order valence-corrected chi connectivity index (χ3v) is 4.86. The molecule has 3 aromatic carbocycles. The Bertz CT molecular complexity index is 1010. The van der Waals surface area contributed by atoms with Gasteiger partial charge in [0.2, 0.25) is 0 Å².